The summed E-state index contributed by atoms with van der Waals surface area (Å²) in [4.78, 5) is 28.2. The fourth-order valence-electron chi connectivity index (χ4n) is 1.93. The zero-order chi connectivity index (χ0) is 19.2. The maximum atomic E-state index is 12.4. The highest BCUT2D eigenvalue weighted by Crippen LogP contribution is 2.25. The quantitative estimate of drug-likeness (QED) is 0.412. The van der Waals surface area contributed by atoms with Crippen LogP contribution in [-0.4, -0.2) is 45.3 Å². The van der Waals surface area contributed by atoms with Crippen molar-refractivity contribution in [2.24, 2.45) is 0 Å². The minimum Gasteiger partial charge on any atom is -0.426 e. The van der Waals surface area contributed by atoms with Crippen molar-refractivity contribution in [2.45, 2.75) is 17.1 Å². The first-order valence-corrected chi connectivity index (χ1v) is 10.3. The average molecular weight is 398 g/mol. The molecule has 0 saturated carbocycles. The summed E-state index contributed by atoms with van der Waals surface area (Å²) < 4.78 is 33.1. The Balaban J connectivity index is 2.09. The molecule has 140 valence electrons. The summed E-state index contributed by atoms with van der Waals surface area (Å²) in [7, 11) is -1.85. The van der Waals surface area contributed by atoms with E-state index in [0.29, 0.717) is 13.0 Å². The molecule has 0 radical (unpaired) electrons. The van der Waals surface area contributed by atoms with Gasteiger partial charge in [-0.25, -0.2) is 13.4 Å². The lowest BCUT2D eigenvalue weighted by Gasteiger charge is -2.09. The van der Waals surface area contributed by atoms with E-state index in [4.69, 9.17) is 9.47 Å². The van der Waals surface area contributed by atoms with Crippen LogP contribution in [0.5, 0.6) is 5.75 Å². The molecule has 0 aliphatic rings. The lowest BCUT2D eigenvalue weighted by atomic mass is 10.2. The van der Waals surface area contributed by atoms with Crippen molar-refractivity contribution in [3.8, 4) is 5.75 Å². The highest BCUT2D eigenvalue weighted by Gasteiger charge is 2.18. The van der Waals surface area contributed by atoms with Crippen LogP contribution in [0, 0.1) is 0 Å². The first-order chi connectivity index (χ1) is 12.3. The molecule has 1 aromatic carbocycles. The number of nitrogens with one attached hydrogen (secondary N) is 1. The normalized spacial score (nSPS) is 11.2. The number of rotatable bonds is 8. The molecule has 8 nitrogen and oxygen atoms in total. The lowest BCUT2D eigenvalue weighted by molar-refractivity contribution is -0.134. The van der Waals surface area contributed by atoms with Crippen molar-refractivity contribution in [1.82, 2.24) is 4.98 Å². The van der Waals surface area contributed by atoms with Gasteiger partial charge >= 0.3 is 5.97 Å². The molecule has 2 aromatic rings. The van der Waals surface area contributed by atoms with Crippen LogP contribution in [0.15, 0.2) is 34.7 Å². The summed E-state index contributed by atoms with van der Waals surface area (Å²) in [6, 6.07) is 6.27. The van der Waals surface area contributed by atoms with Crippen molar-refractivity contribution >= 4 is 38.2 Å². The van der Waals surface area contributed by atoms with Crippen LogP contribution in [-0.2, 0) is 19.4 Å². The second-order valence-corrected chi connectivity index (χ2v) is 8.55. The molecule has 1 heterocycles. The Morgan fingerprint density at radius 2 is 2.00 bits per heavy atom. The van der Waals surface area contributed by atoms with E-state index in [1.807, 2.05) is 0 Å². The fraction of sp³-hybridized carbons (Fsp3) is 0.312. The summed E-state index contributed by atoms with van der Waals surface area (Å²) >= 11 is 0.844. The maximum Gasteiger partial charge on any atom is 0.311 e. The average Bonchev–Trinajstić information content (AvgIpc) is 3.04. The smallest absolute Gasteiger partial charge is 0.311 e. The molecule has 0 spiro atoms. The van der Waals surface area contributed by atoms with Crippen LogP contribution in [0.4, 0.5) is 5.13 Å². The molecular weight excluding hydrogens is 380 g/mol. The van der Waals surface area contributed by atoms with E-state index in [9.17, 15) is 18.0 Å². The number of amides is 1. The number of hydrogen-bond acceptors (Lipinski definition) is 8. The van der Waals surface area contributed by atoms with Gasteiger partial charge in [0, 0.05) is 26.4 Å². The molecule has 2 rings (SSSR count). The molecule has 0 atom stereocenters. The number of carbonyl (C=O) groups is 2. The summed E-state index contributed by atoms with van der Waals surface area (Å²) in [5.74, 6) is -0.914. The van der Waals surface area contributed by atoms with Crippen molar-refractivity contribution in [3.63, 3.8) is 0 Å². The van der Waals surface area contributed by atoms with Crippen molar-refractivity contribution in [2.75, 3.05) is 25.3 Å². The molecule has 1 aromatic heterocycles. The highest BCUT2D eigenvalue weighted by atomic mass is 32.2. The largest absolute Gasteiger partial charge is 0.426 e. The summed E-state index contributed by atoms with van der Waals surface area (Å²) in [6.07, 6.45) is 2.91. The molecule has 26 heavy (non-hydrogen) atoms. The Bertz CT molecular complexity index is 892. The molecule has 10 heteroatoms. The van der Waals surface area contributed by atoms with Gasteiger partial charge in [-0.2, -0.15) is 0 Å². The van der Waals surface area contributed by atoms with Crippen molar-refractivity contribution in [1.29, 1.82) is 0 Å². The number of anilines is 1. The molecular formula is C16H18N2O6S2. The Labute approximate surface area is 155 Å². The van der Waals surface area contributed by atoms with Crippen LogP contribution < -0.4 is 10.1 Å². The first kappa shape index (κ1) is 20.0. The Morgan fingerprint density at radius 3 is 2.65 bits per heavy atom. The number of aromatic nitrogens is 1. The summed E-state index contributed by atoms with van der Waals surface area (Å²) in [5.41, 5.74) is 0.142. The number of carbonyl (C=O) groups excluding carboxylic acids is 2. The third-order valence-corrected chi connectivity index (χ3v) is 5.86. The predicted molar refractivity (Wildman–Crippen MR) is 96.4 cm³/mol. The van der Waals surface area contributed by atoms with Crippen LogP contribution in [0.25, 0.3) is 0 Å². The van der Waals surface area contributed by atoms with Crippen LogP contribution >= 0.6 is 11.3 Å². The molecule has 0 fully saturated rings. The van der Waals surface area contributed by atoms with Gasteiger partial charge in [-0.15, -0.1) is 0 Å². The fourth-order valence-corrected chi connectivity index (χ4v) is 3.56. The molecule has 0 aliphatic carbocycles. The number of ether oxygens (including phenoxy) is 2. The van der Waals surface area contributed by atoms with E-state index in [2.05, 4.69) is 10.3 Å². The third kappa shape index (κ3) is 5.61. The number of nitrogens with zero attached hydrogens (tertiary/aromatic N) is 1. The van der Waals surface area contributed by atoms with Gasteiger partial charge in [0.2, 0.25) is 0 Å². The third-order valence-electron chi connectivity index (χ3n) is 3.16. The molecule has 0 saturated heterocycles. The Kier molecular flexibility index (Phi) is 6.83. The minimum atomic E-state index is -3.39. The van der Waals surface area contributed by atoms with Gasteiger partial charge in [0.25, 0.3) is 5.91 Å². The SMILES string of the molecule is COCCCC(=O)Oc1ccccc1C(=O)Nc1ncc(S(C)(=O)=O)s1. The van der Waals surface area contributed by atoms with Gasteiger partial charge in [0.05, 0.1) is 11.8 Å². The summed E-state index contributed by atoms with van der Waals surface area (Å²) in [6.45, 7) is 0.434. The summed E-state index contributed by atoms with van der Waals surface area (Å²) in [5, 5.41) is 2.65. The van der Waals surface area contributed by atoms with Gasteiger partial charge in [-0.3, -0.25) is 14.9 Å². The van der Waals surface area contributed by atoms with E-state index in [1.54, 1.807) is 19.2 Å². The maximum absolute atomic E-state index is 12.4. The van der Waals surface area contributed by atoms with E-state index >= 15 is 0 Å². The van der Waals surface area contributed by atoms with Gasteiger partial charge in [-0.05, 0) is 18.6 Å². The van der Waals surface area contributed by atoms with Crippen LogP contribution in [0.1, 0.15) is 23.2 Å². The predicted octanol–water partition coefficient (Wildman–Crippen LogP) is 2.13. The number of para-hydroxylation sites is 1. The zero-order valence-corrected chi connectivity index (χ0v) is 15.9. The number of methoxy groups -OCH3 is 1. The van der Waals surface area contributed by atoms with Crippen LogP contribution in [0.3, 0.4) is 0 Å². The standard InChI is InChI=1S/C16H18N2O6S2/c1-23-9-5-8-13(19)24-12-7-4-3-6-11(12)15(20)18-16-17-10-14(25-16)26(2,21)22/h3-4,6-7,10H,5,8-9H2,1-2H3,(H,17,18,20). The number of esters is 1. The lowest BCUT2D eigenvalue weighted by Crippen LogP contribution is -2.16. The minimum absolute atomic E-state index is 0.0469. The molecule has 0 unspecified atom stereocenters. The monoisotopic (exact) mass is 398 g/mol. The van der Waals surface area contributed by atoms with Gasteiger partial charge in [0.1, 0.15) is 9.96 Å². The van der Waals surface area contributed by atoms with Crippen molar-refractivity contribution in [3.05, 3.63) is 36.0 Å². The second kappa shape index (κ2) is 8.88. The second-order valence-electron chi connectivity index (χ2n) is 5.28. The van der Waals surface area contributed by atoms with Gasteiger partial charge < -0.3 is 9.47 Å². The molecule has 1 amide bonds. The Hall–Kier alpha value is -2.30. The van der Waals surface area contributed by atoms with Gasteiger partial charge in [0.15, 0.2) is 15.0 Å². The molecule has 0 bridgehead atoms. The molecule has 1 N–H and O–H groups in total. The number of benzene rings is 1. The number of sulfone groups is 1. The van der Waals surface area contributed by atoms with E-state index < -0.39 is 21.7 Å². The van der Waals surface area contributed by atoms with Crippen LogP contribution in [0.2, 0.25) is 0 Å². The van der Waals surface area contributed by atoms with E-state index in [-0.39, 0.29) is 27.1 Å². The highest BCUT2D eigenvalue weighted by molar-refractivity contribution is 7.92. The van der Waals surface area contributed by atoms with E-state index in [1.165, 1.54) is 18.3 Å². The topological polar surface area (TPSA) is 112 Å². The number of hydrogen-bond donors (Lipinski definition) is 1. The van der Waals surface area contributed by atoms with Gasteiger partial charge in [-0.1, -0.05) is 23.5 Å². The molecule has 0 aliphatic heterocycles. The van der Waals surface area contributed by atoms with E-state index in [0.717, 1.165) is 17.6 Å². The zero-order valence-electron chi connectivity index (χ0n) is 14.2. The Morgan fingerprint density at radius 1 is 1.27 bits per heavy atom. The first-order valence-electron chi connectivity index (χ1n) is 7.57. The van der Waals surface area contributed by atoms with Crippen molar-refractivity contribution < 1.29 is 27.5 Å². The number of thiazole rings is 1.